The van der Waals surface area contributed by atoms with Crippen molar-refractivity contribution in [3.05, 3.63) is 54.4 Å². The van der Waals surface area contributed by atoms with Crippen LogP contribution in [0.4, 0.5) is 27.6 Å². The zero-order chi connectivity index (χ0) is 19.6. The van der Waals surface area contributed by atoms with Crippen LogP contribution < -0.4 is 5.32 Å². The van der Waals surface area contributed by atoms with Crippen molar-refractivity contribution < 1.29 is 26.7 Å². The van der Waals surface area contributed by atoms with Gasteiger partial charge in [0.2, 0.25) is 11.7 Å². The first-order valence-electron chi connectivity index (χ1n) is 7.62. The number of carbonyl (C=O) groups is 1. The number of halogens is 5. The quantitative estimate of drug-likeness (QED) is 0.483. The van der Waals surface area contributed by atoms with E-state index >= 15 is 0 Å². The minimum Gasteiger partial charge on any atom is -0.324 e. The van der Waals surface area contributed by atoms with E-state index in [0.717, 1.165) is 4.57 Å². The van der Waals surface area contributed by atoms with E-state index in [1.807, 2.05) is 0 Å². The van der Waals surface area contributed by atoms with Crippen LogP contribution in [0.15, 0.2) is 53.4 Å². The number of nitrogens with zero attached hydrogens (tertiary/aromatic N) is 2. The number of hydrogen-bond donors (Lipinski definition) is 1. The summed E-state index contributed by atoms with van der Waals surface area (Å²) in [7, 11) is 0. The lowest BCUT2D eigenvalue weighted by Crippen LogP contribution is -2.23. The molecule has 0 atom stereocenters. The predicted octanol–water partition coefficient (Wildman–Crippen LogP) is 5.01. The number of nitrogens with one attached hydrogen (secondary N) is 1. The topological polar surface area (TPSA) is 46.9 Å². The number of benzene rings is 2. The number of thioether (sulfide) groups is 1. The molecule has 0 unspecified atom stereocenters. The SMILES string of the molecule is O=C(Cn1c(C(F)(F)F)nc2ccccc21)Nc1ccccc1SC(F)F. The number of carbonyl (C=O) groups excluding carboxylic acids is 1. The van der Waals surface area contributed by atoms with Gasteiger partial charge in [-0.1, -0.05) is 36.0 Å². The van der Waals surface area contributed by atoms with Gasteiger partial charge in [0, 0.05) is 4.90 Å². The molecule has 0 aliphatic heterocycles. The zero-order valence-corrected chi connectivity index (χ0v) is 14.3. The first-order valence-corrected chi connectivity index (χ1v) is 8.50. The molecule has 142 valence electrons. The molecule has 0 saturated heterocycles. The molecule has 0 spiro atoms. The summed E-state index contributed by atoms with van der Waals surface area (Å²) in [6.07, 6.45) is -4.75. The smallest absolute Gasteiger partial charge is 0.324 e. The van der Waals surface area contributed by atoms with Crippen molar-refractivity contribution in [2.75, 3.05) is 5.32 Å². The van der Waals surface area contributed by atoms with Crippen LogP contribution in [0.25, 0.3) is 11.0 Å². The van der Waals surface area contributed by atoms with Gasteiger partial charge in [0.25, 0.3) is 5.76 Å². The average molecular weight is 401 g/mol. The first kappa shape index (κ1) is 19.2. The van der Waals surface area contributed by atoms with Crippen LogP contribution in [-0.2, 0) is 17.5 Å². The number of imidazole rings is 1. The van der Waals surface area contributed by atoms with Gasteiger partial charge in [0.05, 0.1) is 16.7 Å². The molecule has 4 nitrogen and oxygen atoms in total. The molecule has 1 heterocycles. The minimum absolute atomic E-state index is 0.103. The van der Waals surface area contributed by atoms with E-state index in [-0.39, 0.29) is 33.4 Å². The average Bonchev–Trinajstić information content (AvgIpc) is 2.95. The number of amides is 1. The van der Waals surface area contributed by atoms with Gasteiger partial charge < -0.3 is 9.88 Å². The molecule has 0 fully saturated rings. The van der Waals surface area contributed by atoms with Crippen molar-refractivity contribution >= 4 is 34.4 Å². The van der Waals surface area contributed by atoms with Crippen molar-refractivity contribution in [2.45, 2.75) is 23.4 Å². The summed E-state index contributed by atoms with van der Waals surface area (Å²) in [6, 6.07) is 11.7. The largest absolute Gasteiger partial charge is 0.449 e. The predicted molar refractivity (Wildman–Crippen MR) is 91.7 cm³/mol. The van der Waals surface area contributed by atoms with Gasteiger partial charge in [-0.2, -0.15) is 22.0 Å². The third kappa shape index (κ3) is 4.38. The molecule has 3 aromatic rings. The van der Waals surface area contributed by atoms with E-state index in [9.17, 15) is 26.7 Å². The lowest BCUT2D eigenvalue weighted by atomic mass is 10.3. The van der Waals surface area contributed by atoms with Crippen LogP contribution in [0, 0.1) is 0 Å². The van der Waals surface area contributed by atoms with Gasteiger partial charge in [-0.25, -0.2) is 4.98 Å². The van der Waals surface area contributed by atoms with Crippen LogP contribution in [-0.4, -0.2) is 21.2 Å². The van der Waals surface area contributed by atoms with Gasteiger partial charge in [-0.3, -0.25) is 4.79 Å². The van der Waals surface area contributed by atoms with Crippen LogP contribution in [0.2, 0.25) is 0 Å². The number of aromatic nitrogens is 2. The van der Waals surface area contributed by atoms with Gasteiger partial charge in [-0.15, -0.1) is 0 Å². The number of alkyl halides is 5. The van der Waals surface area contributed by atoms with E-state index in [1.165, 1.54) is 48.5 Å². The van der Waals surface area contributed by atoms with E-state index in [0.29, 0.717) is 0 Å². The summed E-state index contributed by atoms with van der Waals surface area (Å²) in [6.45, 7) is -0.664. The van der Waals surface area contributed by atoms with Crippen LogP contribution in [0.1, 0.15) is 5.82 Å². The van der Waals surface area contributed by atoms with E-state index < -0.39 is 30.2 Å². The van der Waals surface area contributed by atoms with Gasteiger partial charge in [0.15, 0.2) is 0 Å². The molecular formula is C17H12F5N3OS. The Balaban J connectivity index is 1.89. The number of anilines is 1. The molecule has 1 aromatic heterocycles. The fraction of sp³-hybridized carbons (Fsp3) is 0.176. The molecule has 2 aromatic carbocycles. The van der Waals surface area contributed by atoms with Gasteiger partial charge >= 0.3 is 6.18 Å². The van der Waals surface area contributed by atoms with Crippen molar-refractivity contribution in [3.8, 4) is 0 Å². The van der Waals surface area contributed by atoms with Crippen molar-refractivity contribution in [1.82, 2.24) is 9.55 Å². The maximum Gasteiger partial charge on any atom is 0.449 e. The Bertz CT molecular complexity index is 971. The maximum absolute atomic E-state index is 13.3. The second kappa shape index (κ2) is 7.55. The van der Waals surface area contributed by atoms with Crippen LogP contribution >= 0.6 is 11.8 Å². The second-order valence-electron chi connectivity index (χ2n) is 5.43. The summed E-state index contributed by atoms with van der Waals surface area (Å²) in [5.74, 6) is -4.68. The lowest BCUT2D eigenvalue weighted by molar-refractivity contribution is -0.147. The number of rotatable bonds is 5. The number of fused-ring (bicyclic) bond motifs is 1. The third-order valence-corrected chi connectivity index (χ3v) is 4.38. The second-order valence-corrected chi connectivity index (χ2v) is 6.46. The Labute approximate surface area is 154 Å². The van der Waals surface area contributed by atoms with Crippen molar-refractivity contribution in [3.63, 3.8) is 0 Å². The highest BCUT2D eigenvalue weighted by Gasteiger charge is 2.38. The Morgan fingerprint density at radius 3 is 2.48 bits per heavy atom. The molecule has 10 heteroatoms. The Morgan fingerprint density at radius 2 is 1.78 bits per heavy atom. The van der Waals surface area contributed by atoms with Gasteiger partial charge in [0.1, 0.15) is 6.54 Å². The molecule has 0 radical (unpaired) electrons. The molecule has 3 rings (SSSR count). The standard InChI is InChI=1S/C17H12F5N3OS/c18-16(19)27-13-8-4-2-6-11(13)23-14(26)9-25-12-7-3-1-5-10(12)24-15(25)17(20,21)22/h1-8,16H,9H2,(H,23,26). The molecule has 0 saturated carbocycles. The van der Waals surface area contributed by atoms with Crippen LogP contribution in [0.5, 0.6) is 0 Å². The highest BCUT2D eigenvalue weighted by atomic mass is 32.2. The normalized spacial score (nSPS) is 11.9. The summed E-state index contributed by atoms with van der Waals surface area (Å²) in [5, 5.41) is 2.39. The minimum atomic E-state index is -4.75. The Hall–Kier alpha value is -2.62. The van der Waals surface area contributed by atoms with E-state index in [1.54, 1.807) is 0 Å². The highest BCUT2D eigenvalue weighted by molar-refractivity contribution is 7.99. The van der Waals surface area contributed by atoms with Gasteiger partial charge in [-0.05, 0) is 24.3 Å². The molecule has 27 heavy (non-hydrogen) atoms. The molecule has 1 amide bonds. The fourth-order valence-corrected chi connectivity index (χ4v) is 3.15. The maximum atomic E-state index is 13.3. The molecule has 0 aliphatic carbocycles. The third-order valence-electron chi connectivity index (χ3n) is 3.59. The zero-order valence-electron chi connectivity index (χ0n) is 13.5. The van der Waals surface area contributed by atoms with Crippen molar-refractivity contribution in [1.29, 1.82) is 0 Å². The monoisotopic (exact) mass is 401 g/mol. The summed E-state index contributed by atoms with van der Waals surface area (Å²) >= 11 is 0.238. The fourth-order valence-electron chi connectivity index (χ4n) is 2.55. The summed E-state index contributed by atoms with van der Waals surface area (Å²) in [5.41, 5.74) is 0.354. The molecule has 0 bridgehead atoms. The number of para-hydroxylation sites is 3. The molecule has 1 N–H and O–H groups in total. The first-order chi connectivity index (χ1) is 12.8. The Morgan fingerprint density at radius 1 is 1.11 bits per heavy atom. The summed E-state index contributed by atoms with van der Waals surface area (Å²) in [4.78, 5) is 16.0. The van der Waals surface area contributed by atoms with Crippen molar-refractivity contribution in [2.24, 2.45) is 0 Å². The Kier molecular flexibility index (Phi) is 5.36. The molecular weight excluding hydrogens is 389 g/mol. The number of hydrogen-bond acceptors (Lipinski definition) is 3. The lowest BCUT2D eigenvalue weighted by Gasteiger charge is -2.13. The van der Waals surface area contributed by atoms with E-state index in [4.69, 9.17) is 0 Å². The van der Waals surface area contributed by atoms with Crippen LogP contribution in [0.3, 0.4) is 0 Å². The summed E-state index contributed by atoms with van der Waals surface area (Å²) < 4.78 is 65.8. The molecule has 0 aliphatic rings. The highest BCUT2D eigenvalue weighted by Crippen LogP contribution is 2.33. The van der Waals surface area contributed by atoms with E-state index in [2.05, 4.69) is 10.3 Å².